The van der Waals surface area contributed by atoms with Crippen LogP contribution in [-0.2, 0) is 0 Å². The maximum atomic E-state index is 12.2. The first-order chi connectivity index (χ1) is 6.02. The number of carbonyl (C=O) groups excluding carboxylic acids is 1. The van der Waals surface area contributed by atoms with Gasteiger partial charge in [0.15, 0.2) is 0 Å². The first-order valence-electron chi connectivity index (χ1n) is 3.26. The summed E-state index contributed by atoms with van der Waals surface area (Å²) in [4.78, 5) is 14.0. The molecule has 0 saturated heterocycles. The van der Waals surface area contributed by atoms with Crippen molar-refractivity contribution in [1.82, 2.24) is 4.98 Å². The fourth-order valence-corrected chi connectivity index (χ4v) is 0.970. The van der Waals surface area contributed by atoms with Crippen molar-refractivity contribution in [2.24, 2.45) is 0 Å². The maximum absolute atomic E-state index is 12.2. The molecule has 0 unspecified atom stereocenters. The Bertz CT molecular complexity index is 343. The van der Waals surface area contributed by atoms with E-state index >= 15 is 0 Å². The van der Waals surface area contributed by atoms with Crippen LogP contribution in [0, 0.1) is 0 Å². The van der Waals surface area contributed by atoms with Gasteiger partial charge in [0.1, 0.15) is 11.5 Å². The highest BCUT2D eigenvalue weighted by atomic mass is 35.5. The van der Waals surface area contributed by atoms with Gasteiger partial charge in [0.05, 0.1) is 0 Å². The van der Waals surface area contributed by atoms with Crippen LogP contribution in [0.5, 0.6) is 0 Å². The van der Waals surface area contributed by atoms with Crippen LogP contribution in [-0.4, -0.2) is 10.2 Å². The third kappa shape index (κ3) is 2.12. The van der Waals surface area contributed by atoms with E-state index in [-0.39, 0.29) is 5.82 Å². The van der Waals surface area contributed by atoms with Crippen molar-refractivity contribution in [3.63, 3.8) is 0 Å². The van der Waals surface area contributed by atoms with Gasteiger partial charge in [-0.15, -0.1) is 0 Å². The van der Waals surface area contributed by atoms with E-state index in [1.54, 1.807) is 0 Å². The second kappa shape index (κ2) is 3.66. The van der Waals surface area contributed by atoms with E-state index in [1.165, 1.54) is 6.07 Å². The topological polar surface area (TPSA) is 56.0 Å². The first-order valence-corrected chi connectivity index (χ1v) is 3.64. The molecule has 0 radical (unpaired) electrons. The monoisotopic (exact) mass is 206 g/mol. The van der Waals surface area contributed by atoms with Gasteiger partial charge >= 0.3 is 0 Å². The molecule has 0 aliphatic heterocycles. The van der Waals surface area contributed by atoms with Crippen LogP contribution < -0.4 is 5.73 Å². The second-order valence-corrected chi connectivity index (χ2v) is 2.59. The normalized spacial score (nSPS) is 10.5. The smallest absolute Gasteiger partial charge is 0.271 e. The minimum absolute atomic E-state index is 0.0200. The summed E-state index contributed by atoms with van der Waals surface area (Å²) < 4.78 is 24.5. The quantitative estimate of drug-likeness (QED) is 0.753. The van der Waals surface area contributed by atoms with E-state index in [1.807, 2.05) is 0 Å². The van der Waals surface area contributed by atoms with Gasteiger partial charge in [-0.2, -0.15) is 0 Å². The maximum Gasteiger partial charge on any atom is 0.271 e. The molecule has 1 aromatic heterocycles. The lowest BCUT2D eigenvalue weighted by Crippen LogP contribution is -2.04. The Labute approximate surface area is 77.5 Å². The summed E-state index contributed by atoms with van der Waals surface area (Å²) in [5.41, 5.74) is 4.20. The number of alkyl halides is 2. The van der Waals surface area contributed by atoms with E-state index in [0.29, 0.717) is 0 Å². The summed E-state index contributed by atoms with van der Waals surface area (Å²) in [5.74, 6) is -0.0200. The number of aromatic nitrogens is 1. The lowest BCUT2D eigenvalue weighted by atomic mass is 10.2. The van der Waals surface area contributed by atoms with Crippen molar-refractivity contribution in [1.29, 1.82) is 0 Å². The third-order valence-electron chi connectivity index (χ3n) is 1.37. The molecule has 0 bridgehead atoms. The molecule has 13 heavy (non-hydrogen) atoms. The molecule has 0 spiro atoms. The van der Waals surface area contributed by atoms with Crippen LogP contribution in [0.2, 0.25) is 0 Å². The van der Waals surface area contributed by atoms with Crippen LogP contribution in [0.25, 0.3) is 0 Å². The van der Waals surface area contributed by atoms with Crippen molar-refractivity contribution in [3.05, 3.63) is 23.4 Å². The summed E-state index contributed by atoms with van der Waals surface area (Å²) in [6, 6.07) is 2.22. The molecular weight excluding hydrogens is 202 g/mol. The standard InChI is InChI=1S/C7H5ClF2N2O/c8-6(13)5-3(7(9)10)1-2-4(11)12-5/h1-2,7H,(H2,11,12). The minimum atomic E-state index is -2.79. The molecule has 2 N–H and O–H groups in total. The zero-order chi connectivity index (χ0) is 10.0. The van der Waals surface area contributed by atoms with Crippen LogP contribution in [0.3, 0.4) is 0 Å². The lowest BCUT2D eigenvalue weighted by Gasteiger charge is -2.03. The summed E-state index contributed by atoms with van der Waals surface area (Å²) in [6.45, 7) is 0. The number of hydrogen-bond donors (Lipinski definition) is 1. The van der Waals surface area contributed by atoms with Gasteiger partial charge in [0.25, 0.3) is 11.7 Å². The molecule has 1 heterocycles. The number of hydrogen-bond acceptors (Lipinski definition) is 3. The SMILES string of the molecule is Nc1ccc(C(F)F)c(C(=O)Cl)n1. The molecule has 0 saturated carbocycles. The molecular formula is C7H5ClF2N2O. The highest BCUT2D eigenvalue weighted by molar-refractivity contribution is 6.67. The molecule has 0 atom stereocenters. The van der Waals surface area contributed by atoms with Gasteiger partial charge in [0.2, 0.25) is 0 Å². The lowest BCUT2D eigenvalue weighted by molar-refractivity contribution is 0.106. The average Bonchev–Trinajstić information content (AvgIpc) is 2.03. The Hall–Kier alpha value is -1.23. The van der Waals surface area contributed by atoms with Crippen LogP contribution in [0.4, 0.5) is 14.6 Å². The van der Waals surface area contributed by atoms with E-state index in [4.69, 9.17) is 17.3 Å². The number of nitrogen functional groups attached to an aromatic ring is 1. The Morgan fingerprint density at radius 1 is 1.54 bits per heavy atom. The van der Waals surface area contributed by atoms with Crippen LogP contribution >= 0.6 is 11.6 Å². The van der Waals surface area contributed by atoms with Crippen LogP contribution in [0.15, 0.2) is 12.1 Å². The molecule has 0 amide bonds. The van der Waals surface area contributed by atoms with Crippen molar-refractivity contribution < 1.29 is 13.6 Å². The number of nitrogens with zero attached hydrogens (tertiary/aromatic N) is 1. The molecule has 6 heteroatoms. The Balaban J connectivity index is 3.27. The van der Waals surface area contributed by atoms with E-state index in [9.17, 15) is 13.6 Å². The molecule has 0 fully saturated rings. The summed E-state index contributed by atoms with van der Waals surface area (Å²) in [6.07, 6.45) is -2.79. The Kier molecular flexibility index (Phi) is 2.77. The van der Waals surface area contributed by atoms with Gasteiger partial charge < -0.3 is 5.73 Å². The number of halogens is 3. The number of anilines is 1. The van der Waals surface area contributed by atoms with Gasteiger partial charge in [-0.1, -0.05) is 0 Å². The molecule has 1 aromatic rings. The highest BCUT2D eigenvalue weighted by Crippen LogP contribution is 2.23. The fraction of sp³-hybridized carbons (Fsp3) is 0.143. The number of pyridine rings is 1. The molecule has 0 aromatic carbocycles. The van der Waals surface area contributed by atoms with Gasteiger partial charge in [-0.25, -0.2) is 13.8 Å². The summed E-state index contributed by atoms with van der Waals surface area (Å²) in [7, 11) is 0. The zero-order valence-electron chi connectivity index (χ0n) is 6.30. The predicted molar refractivity (Wildman–Crippen MR) is 43.8 cm³/mol. The van der Waals surface area contributed by atoms with Crippen molar-refractivity contribution in [2.75, 3.05) is 5.73 Å². The molecule has 70 valence electrons. The van der Waals surface area contributed by atoms with E-state index in [0.717, 1.165) is 6.07 Å². The number of rotatable bonds is 2. The Morgan fingerprint density at radius 3 is 2.62 bits per heavy atom. The van der Waals surface area contributed by atoms with E-state index < -0.39 is 22.9 Å². The van der Waals surface area contributed by atoms with Crippen molar-refractivity contribution >= 4 is 22.7 Å². The highest BCUT2D eigenvalue weighted by Gasteiger charge is 2.18. The molecule has 0 aliphatic carbocycles. The van der Waals surface area contributed by atoms with E-state index in [2.05, 4.69) is 4.98 Å². The third-order valence-corrected chi connectivity index (χ3v) is 1.55. The summed E-state index contributed by atoms with van der Waals surface area (Å²) >= 11 is 5.03. The molecule has 0 aliphatic rings. The first kappa shape index (κ1) is 9.85. The van der Waals surface area contributed by atoms with Gasteiger partial charge in [0, 0.05) is 5.56 Å². The van der Waals surface area contributed by atoms with Gasteiger partial charge in [-0.3, -0.25) is 4.79 Å². The summed E-state index contributed by atoms with van der Waals surface area (Å²) in [5, 5.41) is -1.04. The largest absolute Gasteiger partial charge is 0.384 e. The van der Waals surface area contributed by atoms with Gasteiger partial charge in [-0.05, 0) is 23.7 Å². The Morgan fingerprint density at radius 2 is 2.15 bits per heavy atom. The number of nitrogens with two attached hydrogens (primary N) is 1. The average molecular weight is 207 g/mol. The van der Waals surface area contributed by atoms with Crippen LogP contribution in [0.1, 0.15) is 22.5 Å². The zero-order valence-corrected chi connectivity index (χ0v) is 7.05. The predicted octanol–water partition coefficient (Wildman–Crippen LogP) is 1.98. The van der Waals surface area contributed by atoms with Crippen molar-refractivity contribution in [2.45, 2.75) is 6.43 Å². The fourth-order valence-electron chi connectivity index (χ4n) is 0.819. The number of carbonyl (C=O) groups is 1. The minimum Gasteiger partial charge on any atom is -0.384 e. The molecule has 3 nitrogen and oxygen atoms in total. The van der Waals surface area contributed by atoms with Crippen molar-refractivity contribution in [3.8, 4) is 0 Å². The molecule has 1 rings (SSSR count). The second-order valence-electron chi connectivity index (χ2n) is 2.25.